The van der Waals surface area contributed by atoms with Gasteiger partial charge in [-0.2, -0.15) is 11.8 Å². The minimum Gasteiger partial charge on any atom is -0.490 e. The molecule has 1 spiro atoms. The highest BCUT2D eigenvalue weighted by molar-refractivity contribution is 7.99. The lowest BCUT2D eigenvalue weighted by Gasteiger charge is -2.37. The minimum absolute atomic E-state index is 0.0691. The van der Waals surface area contributed by atoms with E-state index < -0.39 is 0 Å². The summed E-state index contributed by atoms with van der Waals surface area (Å²) in [7, 11) is 0. The summed E-state index contributed by atoms with van der Waals surface area (Å²) in [5.41, 5.74) is 8.35. The molecule has 0 aliphatic carbocycles. The Morgan fingerprint density at radius 1 is 1.48 bits per heavy atom. The first-order valence-corrected chi connectivity index (χ1v) is 8.98. The van der Waals surface area contributed by atoms with Crippen molar-refractivity contribution in [2.75, 3.05) is 18.1 Å². The molecule has 2 aliphatic heterocycles. The molecule has 2 N–H and O–H groups in total. The molecule has 0 saturated carbocycles. The number of rotatable bonds is 3. The van der Waals surface area contributed by atoms with Crippen molar-refractivity contribution in [1.29, 1.82) is 0 Å². The molecule has 2 saturated heterocycles. The van der Waals surface area contributed by atoms with Gasteiger partial charge in [0.05, 0.1) is 12.2 Å². The van der Waals surface area contributed by atoms with E-state index in [9.17, 15) is 0 Å². The predicted octanol–water partition coefficient (Wildman–Crippen LogP) is 3.45. The van der Waals surface area contributed by atoms with Crippen LogP contribution in [0.3, 0.4) is 0 Å². The van der Waals surface area contributed by atoms with E-state index in [4.69, 9.17) is 15.2 Å². The fourth-order valence-electron chi connectivity index (χ4n) is 3.21. The van der Waals surface area contributed by atoms with Crippen molar-refractivity contribution in [3.05, 3.63) is 29.3 Å². The lowest BCUT2D eigenvalue weighted by molar-refractivity contribution is -0.0959. The number of ether oxygens (including phenoxy) is 2. The molecule has 1 aromatic rings. The number of thioether (sulfide) groups is 1. The molecule has 0 bridgehead atoms. The zero-order valence-corrected chi connectivity index (χ0v) is 13.7. The molecule has 4 heteroatoms. The molecular formula is C17H25NO2S. The van der Waals surface area contributed by atoms with Gasteiger partial charge < -0.3 is 15.2 Å². The van der Waals surface area contributed by atoms with Crippen LogP contribution in [0.15, 0.2) is 18.2 Å². The van der Waals surface area contributed by atoms with Gasteiger partial charge in [0.2, 0.25) is 0 Å². The average molecular weight is 307 g/mol. The summed E-state index contributed by atoms with van der Waals surface area (Å²) in [6.45, 7) is 4.93. The van der Waals surface area contributed by atoms with E-state index in [2.05, 4.69) is 25.1 Å². The normalized spacial score (nSPS) is 30.5. The van der Waals surface area contributed by atoms with Gasteiger partial charge in [-0.1, -0.05) is 12.1 Å². The summed E-state index contributed by atoms with van der Waals surface area (Å²) < 4.78 is 12.3. The summed E-state index contributed by atoms with van der Waals surface area (Å²) >= 11 is 2.00. The van der Waals surface area contributed by atoms with Crippen LogP contribution in [0.1, 0.15) is 43.4 Å². The van der Waals surface area contributed by atoms with Gasteiger partial charge in [-0.05, 0) is 43.2 Å². The molecule has 1 aromatic carbocycles. The second-order valence-corrected chi connectivity index (χ2v) is 7.49. The molecule has 0 aromatic heterocycles. The van der Waals surface area contributed by atoms with Crippen LogP contribution in [0.4, 0.5) is 0 Å². The van der Waals surface area contributed by atoms with Crippen LogP contribution >= 0.6 is 11.8 Å². The quantitative estimate of drug-likeness (QED) is 0.929. The lowest BCUT2D eigenvalue weighted by atomic mass is 9.91. The van der Waals surface area contributed by atoms with Crippen LogP contribution in [0.25, 0.3) is 0 Å². The van der Waals surface area contributed by atoms with E-state index in [1.54, 1.807) is 0 Å². The van der Waals surface area contributed by atoms with Gasteiger partial charge in [-0.25, -0.2) is 0 Å². The van der Waals surface area contributed by atoms with Gasteiger partial charge >= 0.3 is 0 Å². The maximum atomic E-state index is 6.28. The maximum Gasteiger partial charge on any atom is 0.122 e. The monoisotopic (exact) mass is 307 g/mol. The molecule has 116 valence electrons. The third-order valence-electron chi connectivity index (χ3n) is 4.53. The first kappa shape index (κ1) is 15.2. The molecule has 3 atom stereocenters. The van der Waals surface area contributed by atoms with Crippen molar-refractivity contribution in [2.24, 2.45) is 5.73 Å². The predicted molar refractivity (Wildman–Crippen MR) is 88.1 cm³/mol. The van der Waals surface area contributed by atoms with Gasteiger partial charge in [0.15, 0.2) is 0 Å². The van der Waals surface area contributed by atoms with Crippen LogP contribution in [0, 0.1) is 6.92 Å². The van der Waals surface area contributed by atoms with Gasteiger partial charge in [0.25, 0.3) is 0 Å². The Balaban J connectivity index is 1.68. The molecule has 3 rings (SSSR count). The second-order valence-electron chi connectivity index (χ2n) is 6.38. The molecule has 2 unspecified atom stereocenters. The summed E-state index contributed by atoms with van der Waals surface area (Å²) in [6.07, 6.45) is 3.45. The molecule has 21 heavy (non-hydrogen) atoms. The Labute approximate surface area is 131 Å². The van der Waals surface area contributed by atoms with Crippen molar-refractivity contribution in [3.63, 3.8) is 0 Å². The van der Waals surface area contributed by atoms with E-state index in [-0.39, 0.29) is 17.7 Å². The van der Waals surface area contributed by atoms with Crippen molar-refractivity contribution in [3.8, 4) is 5.75 Å². The summed E-state index contributed by atoms with van der Waals surface area (Å²) in [5, 5.41) is 0. The number of hydrogen-bond donors (Lipinski definition) is 1. The van der Waals surface area contributed by atoms with Crippen molar-refractivity contribution >= 4 is 11.8 Å². The van der Waals surface area contributed by atoms with E-state index >= 15 is 0 Å². The average Bonchev–Trinajstić information content (AvgIpc) is 2.89. The van der Waals surface area contributed by atoms with Crippen molar-refractivity contribution in [2.45, 2.75) is 50.9 Å². The smallest absolute Gasteiger partial charge is 0.122 e. The Morgan fingerprint density at radius 2 is 2.33 bits per heavy atom. The Morgan fingerprint density at radius 3 is 3.00 bits per heavy atom. The summed E-state index contributed by atoms with van der Waals surface area (Å²) in [4.78, 5) is 0. The molecule has 2 aliphatic rings. The van der Waals surface area contributed by atoms with Crippen molar-refractivity contribution < 1.29 is 9.47 Å². The standard InChI is InChI=1S/C17H25NO2S/c1-12-9-14(13(2)18)3-4-16(12)20-15-5-7-19-17(10-15)6-8-21-11-17/h3-4,9,13,15H,5-8,10-11,18H2,1-2H3/t13-,15?,17?/m0/s1. The fraction of sp³-hybridized carbons (Fsp3) is 0.647. The first-order valence-electron chi connectivity index (χ1n) is 7.82. The zero-order valence-electron chi connectivity index (χ0n) is 12.9. The van der Waals surface area contributed by atoms with E-state index in [0.29, 0.717) is 0 Å². The third kappa shape index (κ3) is 3.38. The molecule has 2 fully saturated rings. The van der Waals surface area contributed by atoms with Crippen LogP contribution in [-0.4, -0.2) is 29.8 Å². The first-order chi connectivity index (χ1) is 10.1. The van der Waals surface area contributed by atoms with Gasteiger partial charge in [0.1, 0.15) is 11.9 Å². The fourth-order valence-corrected chi connectivity index (χ4v) is 4.59. The third-order valence-corrected chi connectivity index (χ3v) is 5.76. The lowest BCUT2D eigenvalue weighted by Crippen LogP contribution is -2.43. The van der Waals surface area contributed by atoms with Crippen LogP contribution in [0.5, 0.6) is 5.75 Å². The van der Waals surface area contributed by atoms with E-state index in [0.717, 1.165) is 36.5 Å². The maximum absolute atomic E-state index is 6.28. The number of benzene rings is 1. The van der Waals surface area contributed by atoms with Gasteiger partial charge in [-0.3, -0.25) is 0 Å². The number of nitrogens with two attached hydrogens (primary N) is 1. The zero-order chi connectivity index (χ0) is 14.9. The van der Waals surface area contributed by atoms with Gasteiger partial charge in [-0.15, -0.1) is 0 Å². The number of aryl methyl sites for hydroxylation is 1. The highest BCUT2D eigenvalue weighted by Gasteiger charge is 2.41. The largest absolute Gasteiger partial charge is 0.490 e. The van der Waals surface area contributed by atoms with Crippen LogP contribution in [0.2, 0.25) is 0 Å². The van der Waals surface area contributed by atoms with Crippen LogP contribution in [-0.2, 0) is 4.74 Å². The summed E-state index contributed by atoms with van der Waals surface area (Å²) in [6, 6.07) is 6.35. The molecule has 0 radical (unpaired) electrons. The highest BCUT2D eigenvalue weighted by Crippen LogP contribution is 2.39. The molecule has 3 nitrogen and oxygen atoms in total. The van der Waals surface area contributed by atoms with E-state index in [1.165, 1.54) is 17.7 Å². The topological polar surface area (TPSA) is 44.5 Å². The summed E-state index contributed by atoms with van der Waals surface area (Å²) in [5.74, 6) is 3.33. The van der Waals surface area contributed by atoms with Crippen molar-refractivity contribution in [1.82, 2.24) is 0 Å². The second kappa shape index (κ2) is 6.19. The molecule has 2 heterocycles. The Hall–Kier alpha value is -0.710. The Kier molecular flexibility index (Phi) is 4.48. The molecular weight excluding hydrogens is 282 g/mol. The van der Waals surface area contributed by atoms with Crippen LogP contribution < -0.4 is 10.5 Å². The highest BCUT2D eigenvalue weighted by atomic mass is 32.2. The Bertz CT molecular complexity index is 498. The SMILES string of the molecule is Cc1cc([C@H](C)N)ccc1OC1CCOC2(CCSC2)C1. The van der Waals surface area contributed by atoms with E-state index in [1.807, 2.05) is 18.7 Å². The van der Waals surface area contributed by atoms with Gasteiger partial charge in [0, 0.05) is 24.6 Å². The number of hydrogen-bond acceptors (Lipinski definition) is 4. The molecule has 0 amide bonds. The minimum atomic E-state index is 0.0691.